The maximum atomic E-state index is 9.60. The molecule has 2 heterocycles. The molecular weight excluding hydrogens is 366 g/mol. The van der Waals surface area contributed by atoms with E-state index in [2.05, 4.69) is 16.0 Å². The Labute approximate surface area is 170 Å². The maximum Gasteiger partial charge on any atom is 0.203 e. The molecule has 1 saturated heterocycles. The standard InChI is InChI=1S/C23H23N3O3/c1-27-20-8-5-9-21(28-2)23(20)29-17-10-12-26(13-11-17)22-16(14-24)15-25-19-7-4-3-6-18(19)22/h3-9,15,17H,10-13H2,1-2H3. The molecular formula is C23H23N3O3. The number of benzene rings is 2. The zero-order valence-electron chi connectivity index (χ0n) is 16.6. The van der Waals surface area contributed by atoms with Crippen LogP contribution in [0.5, 0.6) is 17.2 Å². The fourth-order valence-corrected chi connectivity index (χ4v) is 3.85. The van der Waals surface area contributed by atoms with Crippen molar-refractivity contribution in [2.45, 2.75) is 18.9 Å². The van der Waals surface area contributed by atoms with E-state index < -0.39 is 0 Å². The summed E-state index contributed by atoms with van der Waals surface area (Å²) in [5.41, 5.74) is 2.47. The number of rotatable bonds is 5. The molecule has 0 saturated carbocycles. The van der Waals surface area contributed by atoms with Crippen LogP contribution in [0, 0.1) is 11.3 Å². The van der Waals surface area contributed by atoms with Crippen LogP contribution in [0.15, 0.2) is 48.7 Å². The van der Waals surface area contributed by atoms with Gasteiger partial charge >= 0.3 is 0 Å². The summed E-state index contributed by atoms with van der Waals surface area (Å²) in [6.45, 7) is 1.59. The Morgan fingerprint density at radius 3 is 2.34 bits per heavy atom. The van der Waals surface area contributed by atoms with Gasteiger partial charge in [-0.3, -0.25) is 4.98 Å². The first-order valence-corrected chi connectivity index (χ1v) is 9.65. The SMILES string of the molecule is COc1cccc(OC)c1OC1CCN(c2c(C#N)cnc3ccccc23)CC1. The predicted molar refractivity (Wildman–Crippen MR) is 112 cm³/mol. The van der Waals surface area contributed by atoms with Crippen molar-refractivity contribution in [1.29, 1.82) is 5.26 Å². The van der Waals surface area contributed by atoms with Gasteiger partial charge in [-0.25, -0.2) is 0 Å². The summed E-state index contributed by atoms with van der Waals surface area (Å²) in [7, 11) is 3.25. The maximum absolute atomic E-state index is 9.60. The van der Waals surface area contributed by atoms with Crippen molar-refractivity contribution in [2.24, 2.45) is 0 Å². The van der Waals surface area contributed by atoms with Gasteiger partial charge in [0.1, 0.15) is 12.2 Å². The molecule has 0 unspecified atom stereocenters. The van der Waals surface area contributed by atoms with Crippen LogP contribution >= 0.6 is 0 Å². The third-order valence-corrected chi connectivity index (χ3v) is 5.29. The summed E-state index contributed by atoms with van der Waals surface area (Å²) >= 11 is 0. The first-order chi connectivity index (χ1) is 14.2. The first-order valence-electron chi connectivity index (χ1n) is 9.65. The van der Waals surface area contributed by atoms with E-state index in [1.54, 1.807) is 20.4 Å². The zero-order valence-corrected chi connectivity index (χ0v) is 16.6. The van der Waals surface area contributed by atoms with E-state index in [0.29, 0.717) is 22.8 Å². The van der Waals surface area contributed by atoms with Crippen molar-refractivity contribution in [3.63, 3.8) is 0 Å². The van der Waals surface area contributed by atoms with E-state index in [0.717, 1.165) is 42.5 Å². The van der Waals surface area contributed by atoms with Gasteiger partial charge < -0.3 is 19.1 Å². The van der Waals surface area contributed by atoms with E-state index in [1.807, 2.05) is 42.5 Å². The molecule has 1 aromatic heterocycles. The summed E-state index contributed by atoms with van der Waals surface area (Å²) in [5.74, 6) is 1.97. The summed E-state index contributed by atoms with van der Waals surface area (Å²) < 4.78 is 17.2. The third kappa shape index (κ3) is 3.64. The monoisotopic (exact) mass is 389 g/mol. The van der Waals surface area contributed by atoms with Crippen LogP contribution in [0.4, 0.5) is 5.69 Å². The van der Waals surface area contributed by atoms with Crippen LogP contribution in [0.25, 0.3) is 10.9 Å². The van der Waals surface area contributed by atoms with Gasteiger partial charge in [-0.2, -0.15) is 5.26 Å². The third-order valence-electron chi connectivity index (χ3n) is 5.29. The molecule has 0 aliphatic carbocycles. The number of methoxy groups -OCH3 is 2. The number of hydrogen-bond donors (Lipinski definition) is 0. The largest absolute Gasteiger partial charge is 0.493 e. The van der Waals surface area contributed by atoms with Gasteiger partial charge in [-0.05, 0) is 18.2 Å². The summed E-state index contributed by atoms with van der Waals surface area (Å²) in [4.78, 5) is 6.68. The van der Waals surface area contributed by atoms with Crippen LogP contribution in [0.2, 0.25) is 0 Å². The van der Waals surface area contributed by atoms with Gasteiger partial charge in [0.15, 0.2) is 11.5 Å². The summed E-state index contributed by atoms with van der Waals surface area (Å²) in [6, 6.07) is 15.9. The topological polar surface area (TPSA) is 67.6 Å². The molecule has 148 valence electrons. The second-order valence-corrected chi connectivity index (χ2v) is 6.95. The van der Waals surface area contributed by atoms with Crippen LogP contribution in [0.1, 0.15) is 18.4 Å². The van der Waals surface area contributed by atoms with Crippen molar-refractivity contribution >= 4 is 16.6 Å². The number of hydrogen-bond acceptors (Lipinski definition) is 6. The fourth-order valence-electron chi connectivity index (χ4n) is 3.85. The molecule has 0 radical (unpaired) electrons. The van der Waals surface area contributed by atoms with Crippen molar-refractivity contribution in [3.05, 3.63) is 54.2 Å². The second-order valence-electron chi connectivity index (χ2n) is 6.95. The molecule has 29 heavy (non-hydrogen) atoms. The highest BCUT2D eigenvalue weighted by molar-refractivity contribution is 5.94. The Bertz CT molecular complexity index is 1030. The molecule has 0 N–H and O–H groups in total. The zero-order chi connectivity index (χ0) is 20.2. The smallest absolute Gasteiger partial charge is 0.203 e. The molecule has 4 rings (SSSR count). The lowest BCUT2D eigenvalue weighted by atomic mass is 10.0. The molecule has 1 fully saturated rings. The van der Waals surface area contributed by atoms with Crippen LogP contribution < -0.4 is 19.1 Å². The number of nitrogens with zero attached hydrogens (tertiary/aromatic N) is 3. The minimum absolute atomic E-state index is 0.0510. The minimum atomic E-state index is 0.0510. The fraction of sp³-hybridized carbons (Fsp3) is 0.304. The molecule has 6 nitrogen and oxygen atoms in total. The normalized spacial score (nSPS) is 14.4. The van der Waals surface area contributed by atoms with Crippen LogP contribution in [-0.2, 0) is 0 Å². The van der Waals surface area contributed by atoms with Crippen molar-refractivity contribution < 1.29 is 14.2 Å². The highest BCUT2D eigenvalue weighted by Crippen LogP contribution is 2.39. The predicted octanol–water partition coefficient (Wildman–Crippen LogP) is 4.17. The minimum Gasteiger partial charge on any atom is -0.493 e. The highest BCUT2D eigenvalue weighted by Gasteiger charge is 2.26. The number of aromatic nitrogens is 1. The molecule has 0 spiro atoms. The van der Waals surface area contributed by atoms with Gasteiger partial charge in [-0.15, -0.1) is 0 Å². The number of ether oxygens (including phenoxy) is 3. The van der Waals surface area contributed by atoms with E-state index in [9.17, 15) is 5.26 Å². The summed E-state index contributed by atoms with van der Waals surface area (Å²) in [6.07, 6.45) is 3.39. The lowest BCUT2D eigenvalue weighted by molar-refractivity contribution is 0.158. The van der Waals surface area contributed by atoms with E-state index in [1.165, 1.54) is 0 Å². The Morgan fingerprint density at radius 1 is 1.00 bits per heavy atom. The van der Waals surface area contributed by atoms with Gasteiger partial charge in [0.2, 0.25) is 5.75 Å². The first kappa shape index (κ1) is 18.9. The van der Waals surface area contributed by atoms with Gasteiger partial charge in [0.05, 0.1) is 31.0 Å². The number of fused-ring (bicyclic) bond motifs is 1. The Balaban J connectivity index is 1.55. The highest BCUT2D eigenvalue weighted by atomic mass is 16.5. The molecule has 2 aromatic carbocycles. The molecule has 0 bridgehead atoms. The number of nitriles is 1. The number of anilines is 1. The molecule has 3 aromatic rings. The Kier molecular flexibility index (Phi) is 5.39. The van der Waals surface area contributed by atoms with Crippen molar-refractivity contribution in [3.8, 4) is 23.3 Å². The van der Waals surface area contributed by atoms with Gasteiger partial charge in [0, 0.05) is 37.5 Å². The number of para-hydroxylation sites is 2. The van der Waals surface area contributed by atoms with E-state index in [-0.39, 0.29) is 6.10 Å². The molecule has 0 atom stereocenters. The van der Waals surface area contributed by atoms with Gasteiger partial charge in [-0.1, -0.05) is 24.3 Å². The Hall–Kier alpha value is -3.46. The van der Waals surface area contributed by atoms with E-state index >= 15 is 0 Å². The van der Waals surface area contributed by atoms with E-state index in [4.69, 9.17) is 14.2 Å². The second kappa shape index (κ2) is 8.27. The number of piperidine rings is 1. The van der Waals surface area contributed by atoms with Gasteiger partial charge in [0.25, 0.3) is 0 Å². The summed E-state index contributed by atoms with van der Waals surface area (Å²) in [5, 5.41) is 10.6. The molecule has 0 amide bonds. The Morgan fingerprint density at radius 2 is 1.69 bits per heavy atom. The molecule has 6 heteroatoms. The molecule has 1 aliphatic rings. The average molecular weight is 389 g/mol. The van der Waals surface area contributed by atoms with Crippen LogP contribution in [-0.4, -0.2) is 38.4 Å². The average Bonchev–Trinajstić information content (AvgIpc) is 2.79. The number of pyridine rings is 1. The van der Waals surface area contributed by atoms with Crippen molar-refractivity contribution in [1.82, 2.24) is 4.98 Å². The lowest BCUT2D eigenvalue weighted by Gasteiger charge is -2.35. The van der Waals surface area contributed by atoms with Crippen molar-refractivity contribution in [2.75, 3.05) is 32.2 Å². The lowest BCUT2D eigenvalue weighted by Crippen LogP contribution is -2.38. The molecule has 1 aliphatic heterocycles. The quantitative estimate of drug-likeness (QED) is 0.652. The van der Waals surface area contributed by atoms with Crippen LogP contribution in [0.3, 0.4) is 0 Å².